The molecule has 0 atom stereocenters. The van der Waals surface area contributed by atoms with E-state index in [2.05, 4.69) is 4.98 Å². The number of nitrogens with one attached hydrogen (secondary N) is 1. The molecule has 1 amide bonds. The second-order valence-electron chi connectivity index (χ2n) is 7.35. The number of nitrogen functional groups attached to an aromatic ring is 1. The van der Waals surface area contributed by atoms with Gasteiger partial charge in [0, 0.05) is 20.2 Å². The first kappa shape index (κ1) is 23.6. The number of aromatic amines is 1. The predicted octanol–water partition coefficient (Wildman–Crippen LogP) is -0.253. The fourth-order valence-corrected chi connectivity index (χ4v) is 3.42. The Morgan fingerprint density at radius 3 is 2.57 bits per heavy atom. The van der Waals surface area contributed by atoms with Crippen molar-refractivity contribution in [2.45, 2.75) is 57.6 Å². The van der Waals surface area contributed by atoms with Gasteiger partial charge in [0.15, 0.2) is 17.9 Å². The fraction of sp³-hybridized carbons (Fsp3) is 0.684. The van der Waals surface area contributed by atoms with Crippen LogP contribution >= 0.6 is 0 Å². The molecule has 0 bridgehead atoms. The first-order chi connectivity index (χ1) is 14.2. The molecule has 1 aromatic heterocycles. The number of amides is 1. The van der Waals surface area contributed by atoms with Gasteiger partial charge in [0.1, 0.15) is 5.82 Å². The van der Waals surface area contributed by atoms with Gasteiger partial charge < -0.3 is 20.3 Å². The molecule has 11 nitrogen and oxygen atoms in total. The number of nitrogens with two attached hydrogens (primary N) is 1. The summed E-state index contributed by atoms with van der Waals surface area (Å²) in [4.78, 5) is 52.8. The Morgan fingerprint density at radius 1 is 1.30 bits per heavy atom. The molecule has 0 aromatic carbocycles. The Hall–Kier alpha value is -2.66. The number of carbonyl (C=O) groups is 2. The lowest BCUT2D eigenvalue weighted by atomic mass is 10.0. The van der Waals surface area contributed by atoms with Gasteiger partial charge in [0.05, 0.1) is 6.61 Å². The highest BCUT2D eigenvalue weighted by atomic mass is 16.6. The molecule has 0 unspecified atom stereocenters. The average molecular weight is 426 g/mol. The maximum atomic E-state index is 12.8. The Bertz CT molecular complexity index is 871. The van der Waals surface area contributed by atoms with Crippen LogP contribution in [0, 0.1) is 0 Å². The summed E-state index contributed by atoms with van der Waals surface area (Å²) in [7, 11) is 1.42. The zero-order chi connectivity index (χ0) is 22.3. The number of hydrogen-bond acceptors (Lipinski definition) is 8. The van der Waals surface area contributed by atoms with Crippen LogP contribution in [0.5, 0.6) is 0 Å². The number of ether oxygens (including phenoxy) is 2. The van der Waals surface area contributed by atoms with Gasteiger partial charge in [0.2, 0.25) is 0 Å². The number of methoxy groups -OCH3 is 1. The highest BCUT2D eigenvalue weighted by molar-refractivity contribution is 5.97. The van der Waals surface area contributed by atoms with Crippen molar-refractivity contribution in [3.05, 3.63) is 20.8 Å². The van der Waals surface area contributed by atoms with Gasteiger partial charge in [-0.15, -0.1) is 0 Å². The van der Waals surface area contributed by atoms with Crippen LogP contribution < -0.4 is 21.9 Å². The number of esters is 1. The first-order valence-electron chi connectivity index (χ1n) is 10.1. The quantitative estimate of drug-likeness (QED) is 0.432. The predicted molar refractivity (Wildman–Crippen MR) is 109 cm³/mol. The molecule has 168 valence electrons. The molecule has 30 heavy (non-hydrogen) atoms. The highest BCUT2D eigenvalue weighted by Crippen LogP contribution is 2.30. The lowest BCUT2D eigenvalue weighted by molar-refractivity contribution is -0.166. The number of aromatic nitrogens is 2. The van der Waals surface area contributed by atoms with E-state index in [0.29, 0.717) is 19.3 Å². The summed E-state index contributed by atoms with van der Waals surface area (Å²) < 4.78 is 11.2. The lowest BCUT2D eigenvalue weighted by Crippen LogP contribution is -2.45. The van der Waals surface area contributed by atoms with Crippen LogP contribution in [0.25, 0.3) is 0 Å². The summed E-state index contributed by atoms with van der Waals surface area (Å²) in [6.45, 7) is 1.57. The number of hydrogen-bond donors (Lipinski definition) is 3. The second kappa shape index (κ2) is 10.4. The molecule has 1 aromatic rings. The molecule has 2 rings (SSSR count). The molecule has 1 fully saturated rings. The molecule has 0 radical (unpaired) electrons. The third kappa shape index (κ3) is 5.28. The minimum absolute atomic E-state index is 0.0452. The molecule has 1 aliphatic carbocycles. The molecule has 0 spiro atoms. The highest BCUT2D eigenvalue weighted by Gasteiger charge is 2.41. The van der Waals surface area contributed by atoms with Gasteiger partial charge in [-0.1, -0.05) is 13.3 Å². The first-order valence-corrected chi connectivity index (χ1v) is 10.1. The normalized spacial score (nSPS) is 15.2. The van der Waals surface area contributed by atoms with E-state index in [0.717, 1.165) is 11.3 Å². The van der Waals surface area contributed by atoms with Crippen molar-refractivity contribution in [2.24, 2.45) is 0 Å². The summed E-state index contributed by atoms with van der Waals surface area (Å²) in [5.41, 5.74) is 2.80. The number of nitrogens with zero attached hydrogens (tertiary/aromatic N) is 2. The van der Waals surface area contributed by atoms with E-state index in [4.69, 9.17) is 15.2 Å². The van der Waals surface area contributed by atoms with Crippen molar-refractivity contribution < 1.29 is 24.2 Å². The van der Waals surface area contributed by atoms with Crippen LogP contribution in [0.4, 0.5) is 11.5 Å². The minimum atomic E-state index is -1.58. The van der Waals surface area contributed by atoms with Crippen molar-refractivity contribution in [3.63, 3.8) is 0 Å². The van der Waals surface area contributed by atoms with E-state index in [-0.39, 0.29) is 44.0 Å². The number of carbonyl (C=O) groups excluding carboxylic acids is 2. The molecule has 1 heterocycles. The van der Waals surface area contributed by atoms with Crippen LogP contribution in [-0.4, -0.2) is 59.0 Å². The minimum Gasteiger partial charge on any atom is -0.453 e. The summed E-state index contributed by atoms with van der Waals surface area (Å²) in [6, 6.07) is 0. The maximum absolute atomic E-state index is 12.8. The van der Waals surface area contributed by atoms with E-state index >= 15 is 0 Å². The number of aliphatic hydroxyl groups is 1. The van der Waals surface area contributed by atoms with Crippen LogP contribution in [0.3, 0.4) is 0 Å². The number of rotatable bonds is 10. The van der Waals surface area contributed by atoms with Gasteiger partial charge in [-0.05, 0) is 32.1 Å². The van der Waals surface area contributed by atoms with Crippen LogP contribution in [-0.2, 0) is 25.6 Å². The van der Waals surface area contributed by atoms with Crippen molar-refractivity contribution in [3.8, 4) is 0 Å². The van der Waals surface area contributed by atoms with Gasteiger partial charge in [-0.3, -0.25) is 24.0 Å². The summed E-state index contributed by atoms with van der Waals surface area (Å²) in [6.07, 6.45) is 3.41. The van der Waals surface area contributed by atoms with Gasteiger partial charge in [-0.2, -0.15) is 0 Å². The number of unbranched alkanes of at least 4 members (excludes halogenated alkanes) is 1. The average Bonchev–Trinajstić information content (AvgIpc) is 3.15. The maximum Gasteiger partial charge on any atom is 0.338 e. The Balaban J connectivity index is 2.28. The van der Waals surface area contributed by atoms with Gasteiger partial charge >= 0.3 is 11.7 Å². The molecular weight excluding hydrogens is 396 g/mol. The molecule has 0 saturated heterocycles. The zero-order valence-electron chi connectivity index (χ0n) is 17.4. The monoisotopic (exact) mass is 426 g/mol. The topological polar surface area (TPSA) is 157 Å². The van der Waals surface area contributed by atoms with Crippen molar-refractivity contribution in [1.29, 1.82) is 0 Å². The molecular formula is C19H30N4O7. The zero-order valence-corrected chi connectivity index (χ0v) is 17.4. The summed E-state index contributed by atoms with van der Waals surface area (Å²) in [5, 5.41) is 10.3. The Morgan fingerprint density at radius 2 is 1.97 bits per heavy atom. The summed E-state index contributed by atoms with van der Waals surface area (Å²) in [5.74, 6) is -1.74. The molecule has 0 aliphatic heterocycles. The molecule has 4 N–H and O–H groups in total. The van der Waals surface area contributed by atoms with E-state index < -0.39 is 35.3 Å². The third-order valence-electron chi connectivity index (χ3n) is 5.18. The van der Waals surface area contributed by atoms with Crippen LogP contribution in [0.15, 0.2) is 9.59 Å². The van der Waals surface area contributed by atoms with Gasteiger partial charge in [0.25, 0.3) is 11.5 Å². The van der Waals surface area contributed by atoms with Crippen LogP contribution in [0.1, 0.15) is 45.4 Å². The molecule has 1 saturated carbocycles. The largest absolute Gasteiger partial charge is 0.453 e. The SMILES string of the molecule is CCCCn1c(N)c(N(CCOC)C(=O)COC(=O)C2(O)CCCC2)c(=O)[nH]c1=O. The van der Waals surface area contributed by atoms with Crippen molar-refractivity contribution in [1.82, 2.24) is 9.55 Å². The Labute approximate surface area is 173 Å². The van der Waals surface area contributed by atoms with E-state index in [1.165, 1.54) is 11.7 Å². The number of H-pyrrole nitrogens is 1. The van der Waals surface area contributed by atoms with Crippen molar-refractivity contribution >= 4 is 23.4 Å². The standard InChI is InChI=1S/C19H30N4O7/c1-3-4-9-23-15(20)14(16(25)21-18(23)27)22(10-11-29-2)13(24)12-30-17(26)19(28)7-5-6-8-19/h28H,3-12,20H2,1-2H3,(H,21,25,27). The van der Waals surface area contributed by atoms with E-state index in [1.54, 1.807) is 0 Å². The Kier molecular flexibility index (Phi) is 8.18. The van der Waals surface area contributed by atoms with Crippen LogP contribution in [0.2, 0.25) is 0 Å². The summed E-state index contributed by atoms with van der Waals surface area (Å²) >= 11 is 0. The fourth-order valence-electron chi connectivity index (χ4n) is 3.42. The van der Waals surface area contributed by atoms with E-state index in [9.17, 15) is 24.3 Å². The smallest absolute Gasteiger partial charge is 0.338 e. The van der Waals surface area contributed by atoms with Gasteiger partial charge in [-0.25, -0.2) is 9.59 Å². The molecule has 11 heteroatoms. The third-order valence-corrected chi connectivity index (χ3v) is 5.18. The van der Waals surface area contributed by atoms with E-state index in [1.807, 2.05) is 6.92 Å². The molecule has 1 aliphatic rings. The second-order valence-corrected chi connectivity index (χ2v) is 7.35. The lowest BCUT2D eigenvalue weighted by Gasteiger charge is -2.25. The van der Waals surface area contributed by atoms with Crippen molar-refractivity contribution in [2.75, 3.05) is 37.5 Å². The number of anilines is 2.